The summed E-state index contributed by atoms with van der Waals surface area (Å²) in [4.78, 5) is 16.0. The molecule has 0 aliphatic rings. The van der Waals surface area contributed by atoms with E-state index in [2.05, 4.69) is 36.4 Å². The molecule has 0 bridgehead atoms. The summed E-state index contributed by atoms with van der Waals surface area (Å²) in [5.74, 6) is 0. The number of aliphatic hydroxyl groups is 1. The first-order valence-electron chi connectivity index (χ1n) is 6.43. The van der Waals surface area contributed by atoms with E-state index in [4.69, 9.17) is 5.11 Å². The lowest BCUT2D eigenvalue weighted by molar-refractivity contribution is 0.183. The summed E-state index contributed by atoms with van der Waals surface area (Å²) in [5, 5.41) is 17.5. The van der Waals surface area contributed by atoms with Crippen molar-refractivity contribution in [3.63, 3.8) is 0 Å². The van der Waals surface area contributed by atoms with Crippen LogP contribution in [-0.2, 0) is 12.0 Å². The van der Waals surface area contributed by atoms with E-state index in [1.165, 1.54) is 0 Å². The lowest BCUT2D eigenvalue weighted by Crippen LogP contribution is -2.36. The maximum absolute atomic E-state index is 11.5. The Morgan fingerprint density at radius 2 is 2.16 bits per heavy atom. The van der Waals surface area contributed by atoms with Gasteiger partial charge in [-0.3, -0.25) is 0 Å². The van der Waals surface area contributed by atoms with Crippen LogP contribution < -0.4 is 10.6 Å². The molecule has 19 heavy (non-hydrogen) atoms. The van der Waals surface area contributed by atoms with Gasteiger partial charge in [-0.25, -0.2) is 9.78 Å². The third-order valence-corrected chi connectivity index (χ3v) is 3.79. The van der Waals surface area contributed by atoms with Crippen LogP contribution in [0.4, 0.5) is 4.79 Å². The Hall–Kier alpha value is -1.14. The van der Waals surface area contributed by atoms with Crippen molar-refractivity contribution in [2.45, 2.75) is 52.2 Å². The Balaban J connectivity index is 2.32. The number of hydrogen-bond donors (Lipinski definition) is 3. The molecule has 1 atom stereocenters. The minimum absolute atomic E-state index is 0.0441. The third kappa shape index (κ3) is 6.02. The van der Waals surface area contributed by atoms with E-state index in [1.807, 2.05) is 5.38 Å². The van der Waals surface area contributed by atoms with Crippen LogP contribution in [0.1, 0.15) is 44.8 Å². The number of nitrogens with one attached hydrogen (secondary N) is 2. The molecule has 0 saturated heterocycles. The van der Waals surface area contributed by atoms with E-state index in [1.54, 1.807) is 18.3 Å². The molecule has 0 fully saturated rings. The average Bonchev–Trinajstić information content (AvgIpc) is 2.74. The van der Waals surface area contributed by atoms with Crippen LogP contribution in [0.25, 0.3) is 0 Å². The zero-order valence-electron chi connectivity index (χ0n) is 12.0. The molecular formula is C13H23N3O2S. The molecule has 3 N–H and O–H groups in total. The molecule has 1 rings (SSSR count). The summed E-state index contributed by atoms with van der Waals surface area (Å²) in [5.41, 5.74) is 0.920. The van der Waals surface area contributed by atoms with Gasteiger partial charge in [0.1, 0.15) is 0 Å². The van der Waals surface area contributed by atoms with Gasteiger partial charge < -0.3 is 15.7 Å². The molecule has 0 aliphatic carbocycles. The molecule has 1 aromatic rings. The summed E-state index contributed by atoms with van der Waals surface area (Å²) in [6, 6.07) is -0.231. The number of rotatable bonds is 5. The number of hydrogen-bond acceptors (Lipinski definition) is 4. The topological polar surface area (TPSA) is 74.2 Å². The second-order valence-corrected chi connectivity index (χ2v) is 6.50. The number of thiazole rings is 1. The zero-order chi connectivity index (χ0) is 14.5. The fraction of sp³-hybridized carbons (Fsp3) is 0.692. The molecule has 0 spiro atoms. The molecule has 1 unspecified atom stereocenters. The SMILES string of the molecule is CC(O)CCNC(=O)NCc1csc(C(C)(C)C)n1. The summed E-state index contributed by atoms with van der Waals surface area (Å²) >= 11 is 1.61. The molecule has 6 heteroatoms. The van der Waals surface area contributed by atoms with Crippen molar-refractivity contribution in [1.29, 1.82) is 0 Å². The standard InChI is InChI=1S/C13H23N3O2S/c1-9(17)5-6-14-12(18)15-7-10-8-19-11(16-10)13(2,3)4/h8-9,17H,5-7H2,1-4H3,(H2,14,15,18). The maximum atomic E-state index is 11.5. The number of carbonyl (C=O) groups is 1. The normalized spacial score (nSPS) is 13.1. The van der Waals surface area contributed by atoms with Gasteiger partial charge in [0.25, 0.3) is 0 Å². The quantitative estimate of drug-likeness (QED) is 0.774. The fourth-order valence-corrected chi connectivity index (χ4v) is 2.27. The second-order valence-electron chi connectivity index (χ2n) is 5.64. The molecular weight excluding hydrogens is 262 g/mol. The lowest BCUT2D eigenvalue weighted by Gasteiger charge is -2.13. The van der Waals surface area contributed by atoms with E-state index in [0.29, 0.717) is 19.5 Å². The average molecular weight is 285 g/mol. The second kappa shape index (κ2) is 6.86. The van der Waals surface area contributed by atoms with Gasteiger partial charge >= 0.3 is 6.03 Å². The van der Waals surface area contributed by atoms with Crippen molar-refractivity contribution in [3.05, 3.63) is 16.1 Å². The highest BCUT2D eigenvalue weighted by atomic mass is 32.1. The minimum atomic E-state index is -0.395. The highest BCUT2D eigenvalue weighted by molar-refractivity contribution is 7.09. The van der Waals surface area contributed by atoms with Gasteiger partial charge in [0, 0.05) is 17.3 Å². The van der Waals surface area contributed by atoms with Crippen molar-refractivity contribution in [1.82, 2.24) is 15.6 Å². The van der Waals surface area contributed by atoms with Gasteiger partial charge in [-0.15, -0.1) is 11.3 Å². The van der Waals surface area contributed by atoms with Crippen LogP contribution in [0, 0.1) is 0 Å². The molecule has 5 nitrogen and oxygen atoms in total. The summed E-state index contributed by atoms with van der Waals surface area (Å²) in [6.07, 6.45) is 0.159. The fourth-order valence-electron chi connectivity index (χ4n) is 1.36. The Bertz CT molecular complexity index is 410. The molecule has 0 aliphatic heterocycles. The van der Waals surface area contributed by atoms with Crippen molar-refractivity contribution in [3.8, 4) is 0 Å². The first-order chi connectivity index (χ1) is 8.79. The molecule has 108 valence electrons. The van der Waals surface area contributed by atoms with Crippen LogP contribution in [0.5, 0.6) is 0 Å². The van der Waals surface area contributed by atoms with E-state index in [-0.39, 0.29) is 11.4 Å². The van der Waals surface area contributed by atoms with Gasteiger partial charge in [-0.05, 0) is 13.3 Å². The van der Waals surface area contributed by atoms with Gasteiger partial charge in [0.2, 0.25) is 0 Å². The summed E-state index contributed by atoms with van der Waals surface area (Å²) < 4.78 is 0. The predicted molar refractivity (Wildman–Crippen MR) is 77.4 cm³/mol. The van der Waals surface area contributed by atoms with E-state index in [0.717, 1.165) is 10.7 Å². The van der Waals surface area contributed by atoms with Crippen molar-refractivity contribution < 1.29 is 9.90 Å². The maximum Gasteiger partial charge on any atom is 0.315 e. The Labute approximate surface area is 118 Å². The largest absolute Gasteiger partial charge is 0.393 e. The van der Waals surface area contributed by atoms with Crippen molar-refractivity contribution in [2.24, 2.45) is 0 Å². The number of nitrogens with zero attached hydrogens (tertiary/aromatic N) is 1. The Morgan fingerprint density at radius 3 is 2.68 bits per heavy atom. The number of carbonyl (C=O) groups excluding carboxylic acids is 1. The number of urea groups is 1. The lowest BCUT2D eigenvalue weighted by atomic mass is 9.98. The molecule has 1 heterocycles. The predicted octanol–water partition coefficient (Wildman–Crippen LogP) is 2.01. The van der Waals surface area contributed by atoms with E-state index >= 15 is 0 Å². The van der Waals surface area contributed by atoms with Gasteiger partial charge in [-0.1, -0.05) is 20.8 Å². The Kier molecular flexibility index (Phi) is 5.75. The highest BCUT2D eigenvalue weighted by Crippen LogP contribution is 2.25. The molecule has 0 saturated carbocycles. The monoisotopic (exact) mass is 285 g/mol. The molecule has 2 amide bonds. The minimum Gasteiger partial charge on any atom is -0.393 e. The van der Waals surface area contributed by atoms with Crippen LogP contribution in [-0.4, -0.2) is 28.8 Å². The Morgan fingerprint density at radius 1 is 1.47 bits per heavy atom. The summed E-state index contributed by atoms with van der Waals surface area (Å²) in [7, 11) is 0. The van der Waals surface area contributed by atoms with E-state index in [9.17, 15) is 4.79 Å². The van der Waals surface area contributed by atoms with Crippen molar-refractivity contribution in [2.75, 3.05) is 6.54 Å². The van der Waals surface area contributed by atoms with Gasteiger partial charge in [0.05, 0.1) is 23.4 Å². The van der Waals surface area contributed by atoms with Gasteiger partial charge in [0.15, 0.2) is 0 Å². The first kappa shape index (κ1) is 15.9. The zero-order valence-corrected chi connectivity index (χ0v) is 12.8. The smallest absolute Gasteiger partial charge is 0.315 e. The highest BCUT2D eigenvalue weighted by Gasteiger charge is 2.17. The van der Waals surface area contributed by atoms with Crippen LogP contribution in [0.15, 0.2) is 5.38 Å². The number of aliphatic hydroxyl groups excluding tert-OH is 1. The third-order valence-electron chi connectivity index (χ3n) is 2.47. The molecule has 0 radical (unpaired) electrons. The first-order valence-corrected chi connectivity index (χ1v) is 7.31. The number of amides is 2. The van der Waals surface area contributed by atoms with Crippen LogP contribution in [0.3, 0.4) is 0 Å². The summed E-state index contributed by atoms with van der Waals surface area (Å²) in [6.45, 7) is 8.94. The van der Waals surface area contributed by atoms with E-state index < -0.39 is 6.10 Å². The van der Waals surface area contributed by atoms with Crippen molar-refractivity contribution >= 4 is 17.4 Å². The van der Waals surface area contributed by atoms with Gasteiger partial charge in [-0.2, -0.15) is 0 Å². The van der Waals surface area contributed by atoms with Crippen LogP contribution >= 0.6 is 11.3 Å². The molecule has 1 aromatic heterocycles. The number of aromatic nitrogens is 1. The molecule has 0 aromatic carbocycles. The van der Waals surface area contributed by atoms with Crippen LogP contribution in [0.2, 0.25) is 0 Å².